The minimum absolute atomic E-state index is 0.0954. The molecule has 8 nitrogen and oxygen atoms in total. The summed E-state index contributed by atoms with van der Waals surface area (Å²) in [7, 11) is 0. The number of anilines is 1. The van der Waals surface area contributed by atoms with Crippen LogP contribution in [-0.2, 0) is 4.74 Å². The van der Waals surface area contributed by atoms with E-state index in [1.54, 1.807) is 12.1 Å². The number of halogens is 1. The molecule has 4 rings (SSSR count). The van der Waals surface area contributed by atoms with Gasteiger partial charge < -0.3 is 4.74 Å². The van der Waals surface area contributed by atoms with Crippen LogP contribution in [0, 0.1) is 15.9 Å². The molecule has 1 saturated heterocycles. The van der Waals surface area contributed by atoms with Gasteiger partial charge in [0.2, 0.25) is 0 Å². The maximum absolute atomic E-state index is 14.1. The molecule has 0 unspecified atom stereocenters. The SMILES string of the molecule is O=C(c1ccc([N+](=O)[O-])s1)N(CCCN1CCOCC1)c1nc2c(F)cccc2s1. The second kappa shape index (κ2) is 9.13. The number of amides is 1. The van der Waals surface area contributed by atoms with Crippen LogP contribution in [0.5, 0.6) is 0 Å². The second-order valence-electron chi connectivity index (χ2n) is 6.74. The van der Waals surface area contributed by atoms with Gasteiger partial charge in [0.25, 0.3) is 5.91 Å². The zero-order chi connectivity index (χ0) is 21.1. The van der Waals surface area contributed by atoms with Crippen LogP contribution in [0.4, 0.5) is 14.5 Å². The molecule has 0 bridgehead atoms. The van der Waals surface area contributed by atoms with Gasteiger partial charge in [0.1, 0.15) is 11.3 Å². The van der Waals surface area contributed by atoms with Crippen molar-refractivity contribution in [1.29, 1.82) is 0 Å². The predicted molar refractivity (Wildman–Crippen MR) is 114 cm³/mol. The van der Waals surface area contributed by atoms with Crippen molar-refractivity contribution in [3.8, 4) is 0 Å². The molecule has 1 aromatic carbocycles. The van der Waals surface area contributed by atoms with Gasteiger partial charge in [-0.25, -0.2) is 9.37 Å². The molecular formula is C19H19FN4O4S2. The summed E-state index contributed by atoms with van der Waals surface area (Å²) in [5.74, 6) is -0.808. The average Bonchev–Trinajstić information content (AvgIpc) is 3.40. The van der Waals surface area contributed by atoms with Crippen LogP contribution in [0.2, 0.25) is 0 Å². The van der Waals surface area contributed by atoms with E-state index in [4.69, 9.17) is 4.74 Å². The molecule has 3 heterocycles. The molecular weight excluding hydrogens is 431 g/mol. The number of aromatic nitrogens is 1. The Balaban J connectivity index is 1.58. The summed E-state index contributed by atoms with van der Waals surface area (Å²) in [5.41, 5.74) is 0.223. The van der Waals surface area contributed by atoms with Crippen LogP contribution < -0.4 is 4.90 Å². The number of thiophene rings is 1. The summed E-state index contributed by atoms with van der Waals surface area (Å²) in [6.45, 7) is 4.24. The number of morpholine rings is 1. The Hall–Kier alpha value is -2.47. The molecule has 0 N–H and O–H groups in total. The number of hydrogen-bond acceptors (Lipinski definition) is 8. The Morgan fingerprint density at radius 1 is 1.27 bits per heavy atom. The van der Waals surface area contributed by atoms with Crippen LogP contribution in [0.15, 0.2) is 30.3 Å². The Labute approximate surface area is 179 Å². The van der Waals surface area contributed by atoms with Crippen molar-refractivity contribution in [2.24, 2.45) is 0 Å². The van der Waals surface area contributed by atoms with Gasteiger partial charge in [0, 0.05) is 32.2 Å². The van der Waals surface area contributed by atoms with Crippen molar-refractivity contribution in [1.82, 2.24) is 9.88 Å². The molecule has 3 aromatic rings. The molecule has 1 aliphatic heterocycles. The standard InChI is InChI=1S/C19H19FN4O4S2/c20-13-3-1-4-14-17(13)21-19(30-14)23(8-2-7-22-9-11-28-12-10-22)18(25)15-5-6-16(29-15)24(26)27/h1,3-6H,2,7-12H2. The number of thiazole rings is 1. The quantitative estimate of drug-likeness (QED) is 0.402. The Morgan fingerprint density at radius 2 is 2.07 bits per heavy atom. The largest absolute Gasteiger partial charge is 0.379 e. The van der Waals surface area contributed by atoms with E-state index in [1.807, 2.05) is 0 Å². The topological polar surface area (TPSA) is 88.8 Å². The van der Waals surface area contributed by atoms with Gasteiger partial charge in [-0.2, -0.15) is 0 Å². The van der Waals surface area contributed by atoms with Crippen molar-refractivity contribution in [3.05, 3.63) is 51.1 Å². The van der Waals surface area contributed by atoms with Crippen molar-refractivity contribution in [3.63, 3.8) is 0 Å². The lowest BCUT2D eigenvalue weighted by molar-refractivity contribution is -0.380. The summed E-state index contributed by atoms with van der Waals surface area (Å²) in [6, 6.07) is 7.47. The van der Waals surface area contributed by atoms with E-state index in [0.717, 1.165) is 31.0 Å². The van der Waals surface area contributed by atoms with Crippen LogP contribution in [0.25, 0.3) is 10.2 Å². The first-order valence-corrected chi connectivity index (χ1v) is 11.1. The predicted octanol–water partition coefficient (Wildman–Crippen LogP) is 3.77. The zero-order valence-electron chi connectivity index (χ0n) is 16.0. The lowest BCUT2D eigenvalue weighted by atomic mass is 10.3. The molecule has 1 aliphatic rings. The summed E-state index contributed by atoms with van der Waals surface area (Å²) in [6.07, 6.45) is 0.692. The van der Waals surface area contributed by atoms with Gasteiger partial charge >= 0.3 is 5.00 Å². The van der Waals surface area contributed by atoms with Gasteiger partial charge in [0.15, 0.2) is 5.13 Å². The summed E-state index contributed by atoms with van der Waals surface area (Å²) in [4.78, 5) is 32.0. The van der Waals surface area contributed by atoms with E-state index >= 15 is 0 Å². The number of para-hydroxylation sites is 1. The van der Waals surface area contributed by atoms with Crippen LogP contribution in [0.1, 0.15) is 16.1 Å². The molecule has 1 fully saturated rings. The van der Waals surface area contributed by atoms with Gasteiger partial charge in [0.05, 0.1) is 27.7 Å². The fraction of sp³-hybridized carbons (Fsp3) is 0.368. The molecule has 0 spiro atoms. The number of carbonyl (C=O) groups excluding carboxylic acids is 1. The fourth-order valence-corrected chi connectivity index (χ4v) is 5.03. The van der Waals surface area contributed by atoms with Gasteiger partial charge in [-0.3, -0.25) is 24.7 Å². The number of fused-ring (bicyclic) bond motifs is 1. The Kier molecular flexibility index (Phi) is 6.32. The number of carbonyl (C=O) groups is 1. The lowest BCUT2D eigenvalue weighted by Gasteiger charge is -2.27. The highest BCUT2D eigenvalue weighted by Gasteiger charge is 2.25. The first kappa shape index (κ1) is 20.8. The third kappa shape index (κ3) is 4.48. The Morgan fingerprint density at radius 3 is 2.77 bits per heavy atom. The minimum Gasteiger partial charge on any atom is -0.379 e. The van der Waals surface area contributed by atoms with Crippen molar-refractivity contribution < 1.29 is 18.8 Å². The fourth-order valence-electron chi connectivity index (χ4n) is 3.25. The molecule has 0 atom stereocenters. The number of nitro groups is 1. The smallest absolute Gasteiger partial charge is 0.324 e. The van der Waals surface area contributed by atoms with Crippen LogP contribution in [0.3, 0.4) is 0 Å². The normalized spacial score (nSPS) is 14.8. The van der Waals surface area contributed by atoms with Crippen LogP contribution >= 0.6 is 22.7 Å². The number of rotatable bonds is 7. The maximum atomic E-state index is 14.1. The third-order valence-electron chi connectivity index (χ3n) is 4.78. The second-order valence-corrected chi connectivity index (χ2v) is 8.81. The molecule has 1 amide bonds. The molecule has 11 heteroatoms. The van der Waals surface area contributed by atoms with E-state index in [-0.39, 0.29) is 21.3 Å². The average molecular weight is 451 g/mol. The first-order valence-electron chi connectivity index (χ1n) is 9.44. The van der Waals surface area contributed by atoms with E-state index in [0.29, 0.717) is 36.0 Å². The van der Waals surface area contributed by atoms with E-state index in [1.165, 1.54) is 34.4 Å². The summed E-state index contributed by atoms with van der Waals surface area (Å²) < 4.78 is 20.1. The van der Waals surface area contributed by atoms with Gasteiger partial charge in [-0.15, -0.1) is 0 Å². The highest BCUT2D eigenvalue weighted by atomic mass is 32.1. The van der Waals surface area contributed by atoms with E-state index in [2.05, 4.69) is 9.88 Å². The molecule has 0 radical (unpaired) electrons. The Bertz CT molecular complexity index is 1060. The number of benzene rings is 1. The molecule has 0 saturated carbocycles. The van der Waals surface area contributed by atoms with Gasteiger partial charge in [-0.05, 0) is 24.6 Å². The number of hydrogen-bond donors (Lipinski definition) is 0. The lowest BCUT2D eigenvalue weighted by Crippen LogP contribution is -2.39. The molecule has 2 aromatic heterocycles. The molecule has 30 heavy (non-hydrogen) atoms. The molecule has 0 aliphatic carbocycles. The first-order chi connectivity index (χ1) is 14.5. The van der Waals surface area contributed by atoms with Gasteiger partial charge in [-0.1, -0.05) is 28.7 Å². The number of ether oxygens (including phenoxy) is 1. The number of nitrogens with zero attached hydrogens (tertiary/aromatic N) is 4. The van der Waals surface area contributed by atoms with E-state index in [9.17, 15) is 19.3 Å². The molecule has 158 valence electrons. The van der Waals surface area contributed by atoms with Crippen LogP contribution in [-0.4, -0.2) is 60.1 Å². The van der Waals surface area contributed by atoms with Crippen molar-refractivity contribution in [2.45, 2.75) is 6.42 Å². The minimum atomic E-state index is -0.517. The highest BCUT2D eigenvalue weighted by molar-refractivity contribution is 7.22. The highest BCUT2D eigenvalue weighted by Crippen LogP contribution is 2.33. The third-order valence-corrected chi connectivity index (χ3v) is 6.85. The van der Waals surface area contributed by atoms with Crippen molar-refractivity contribution in [2.75, 3.05) is 44.3 Å². The van der Waals surface area contributed by atoms with Crippen molar-refractivity contribution >= 4 is 48.9 Å². The zero-order valence-corrected chi connectivity index (χ0v) is 17.6. The van der Waals surface area contributed by atoms with E-state index < -0.39 is 10.7 Å². The summed E-state index contributed by atoms with van der Waals surface area (Å²) in [5, 5.41) is 11.3. The summed E-state index contributed by atoms with van der Waals surface area (Å²) >= 11 is 2.06. The maximum Gasteiger partial charge on any atom is 0.324 e. The monoisotopic (exact) mass is 450 g/mol.